The number of fused-ring (bicyclic) bond motifs is 2. The molecule has 1 spiro atoms. The van der Waals surface area contributed by atoms with Gasteiger partial charge in [-0.2, -0.15) is 0 Å². The number of cyclic esters (lactones) is 1. The second kappa shape index (κ2) is 14.6. The van der Waals surface area contributed by atoms with Gasteiger partial charge in [0, 0.05) is 36.6 Å². The third-order valence-corrected chi connectivity index (χ3v) is 10.1. The van der Waals surface area contributed by atoms with E-state index in [0.717, 1.165) is 12.8 Å². The van der Waals surface area contributed by atoms with E-state index in [0.29, 0.717) is 48.8 Å². The molecule has 11 heteroatoms. The minimum atomic E-state index is -1.34. The highest BCUT2D eigenvalue weighted by molar-refractivity contribution is 9.11. The van der Waals surface area contributed by atoms with E-state index in [-0.39, 0.29) is 43.3 Å². The molecule has 4 heterocycles. The topological polar surface area (TPSA) is 125 Å². The van der Waals surface area contributed by atoms with Crippen LogP contribution in [-0.4, -0.2) is 88.6 Å². The van der Waals surface area contributed by atoms with Gasteiger partial charge in [0.1, 0.15) is 29.8 Å². The largest absolute Gasteiger partial charge is 0.455 e. The van der Waals surface area contributed by atoms with Crippen LogP contribution in [-0.2, 0) is 28.7 Å². The molecule has 0 saturated carbocycles. The van der Waals surface area contributed by atoms with Crippen molar-refractivity contribution in [2.24, 2.45) is 11.8 Å². The van der Waals surface area contributed by atoms with Crippen LogP contribution in [0.25, 0.3) is 0 Å². The van der Waals surface area contributed by atoms with E-state index in [4.69, 9.17) is 9.47 Å². The number of nitrogens with one attached hydrogen (secondary N) is 1. The minimum Gasteiger partial charge on any atom is -0.455 e. The van der Waals surface area contributed by atoms with Gasteiger partial charge in [-0.3, -0.25) is 19.2 Å². The zero-order chi connectivity index (χ0) is 32.1. The van der Waals surface area contributed by atoms with Crippen LogP contribution in [0.5, 0.6) is 0 Å². The zero-order valence-corrected chi connectivity index (χ0v) is 27.6. The third kappa shape index (κ3) is 6.62. The predicted octanol–water partition coefficient (Wildman–Crippen LogP) is 3.79. The van der Waals surface area contributed by atoms with Crippen LogP contribution >= 0.6 is 15.9 Å². The molecule has 4 aliphatic heterocycles. The van der Waals surface area contributed by atoms with Crippen LogP contribution < -0.4 is 5.32 Å². The normalized spacial score (nSPS) is 31.8. The highest BCUT2D eigenvalue weighted by atomic mass is 79.9. The number of esters is 1. The average molecular weight is 687 g/mol. The Kier molecular flexibility index (Phi) is 10.8. The number of nitrogens with zero attached hydrogens (tertiary/aromatic N) is 2. The van der Waals surface area contributed by atoms with E-state index >= 15 is 0 Å². The second-order valence-electron chi connectivity index (χ2n) is 12.4. The van der Waals surface area contributed by atoms with Gasteiger partial charge in [-0.25, -0.2) is 0 Å². The molecule has 4 aliphatic rings. The van der Waals surface area contributed by atoms with E-state index in [1.165, 1.54) is 0 Å². The number of hydrogen-bond donors (Lipinski definition) is 2. The molecule has 0 aromatic heterocycles. The van der Waals surface area contributed by atoms with Crippen molar-refractivity contribution >= 4 is 39.6 Å². The number of aliphatic hydroxyl groups excluding tert-OH is 1. The van der Waals surface area contributed by atoms with Crippen molar-refractivity contribution in [3.63, 3.8) is 0 Å². The van der Waals surface area contributed by atoms with Gasteiger partial charge in [0.2, 0.25) is 17.7 Å². The third-order valence-electron chi connectivity index (χ3n) is 9.43. The quantitative estimate of drug-likeness (QED) is 0.230. The molecule has 2 fully saturated rings. The Hall–Kier alpha value is -3.02. The van der Waals surface area contributed by atoms with Crippen molar-refractivity contribution in [3.8, 4) is 0 Å². The zero-order valence-electron chi connectivity index (χ0n) is 26.0. The smallest absolute Gasteiger partial charge is 0.313 e. The Balaban J connectivity index is 1.57. The number of likely N-dealkylation sites (tertiary alicyclic amines) is 1. The van der Waals surface area contributed by atoms with Crippen LogP contribution in [0.2, 0.25) is 0 Å². The average Bonchev–Trinajstić information content (AvgIpc) is 3.62. The van der Waals surface area contributed by atoms with Gasteiger partial charge < -0.3 is 29.7 Å². The van der Waals surface area contributed by atoms with Gasteiger partial charge in [0.15, 0.2) is 0 Å². The van der Waals surface area contributed by atoms with Crippen molar-refractivity contribution in [1.82, 2.24) is 15.1 Å². The number of rotatable bonds is 9. The number of halogens is 1. The molecule has 5 bridgehead atoms. The summed E-state index contributed by atoms with van der Waals surface area (Å²) >= 11 is 3.60. The molecule has 0 aliphatic carbocycles. The molecule has 0 radical (unpaired) electrons. The summed E-state index contributed by atoms with van der Waals surface area (Å²) in [5.74, 6) is -3.23. The summed E-state index contributed by atoms with van der Waals surface area (Å²) in [6.45, 7) is 4.83. The molecule has 1 unspecified atom stereocenters. The number of carbonyl (C=O) groups excluding carboxylic acids is 4. The maximum atomic E-state index is 14.7. The van der Waals surface area contributed by atoms with E-state index in [1.807, 2.05) is 55.5 Å². The van der Waals surface area contributed by atoms with Crippen molar-refractivity contribution < 1.29 is 33.8 Å². The maximum absolute atomic E-state index is 14.7. The van der Waals surface area contributed by atoms with Crippen LogP contribution in [0.15, 0.2) is 53.0 Å². The SMILES string of the molecule is CCCC(C)N1C/C=C\CCC(=O)NC[C@H](c2ccccc2)OC(=O)[C@H]2[C@@H]3O[C@@]4(C=C3Br)[C@@H]2C(=O)N(CCCCCO)[C@@H]4C1=O. The Morgan fingerprint density at radius 1 is 1.09 bits per heavy atom. The first-order chi connectivity index (χ1) is 21.7. The van der Waals surface area contributed by atoms with Gasteiger partial charge in [0.25, 0.3) is 0 Å². The van der Waals surface area contributed by atoms with E-state index in [9.17, 15) is 24.3 Å². The first kappa shape index (κ1) is 33.3. The highest BCUT2D eigenvalue weighted by Gasteiger charge is 2.75. The van der Waals surface area contributed by atoms with E-state index in [1.54, 1.807) is 9.80 Å². The summed E-state index contributed by atoms with van der Waals surface area (Å²) in [4.78, 5) is 59.4. The Morgan fingerprint density at radius 2 is 1.87 bits per heavy atom. The molecule has 1 aromatic carbocycles. The van der Waals surface area contributed by atoms with Crippen LogP contribution in [0, 0.1) is 11.8 Å². The van der Waals surface area contributed by atoms with Gasteiger partial charge >= 0.3 is 5.97 Å². The minimum absolute atomic E-state index is 0.0505. The predicted molar refractivity (Wildman–Crippen MR) is 171 cm³/mol. The first-order valence-corrected chi connectivity index (χ1v) is 17.0. The first-order valence-electron chi connectivity index (χ1n) is 16.2. The Bertz CT molecular complexity index is 1320. The monoisotopic (exact) mass is 685 g/mol. The number of ether oxygens (including phenoxy) is 2. The summed E-state index contributed by atoms with van der Waals surface area (Å²) in [5.41, 5.74) is -0.620. The van der Waals surface area contributed by atoms with Crippen LogP contribution in [0.4, 0.5) is 0 Å². The summed E-state index contributed by atoms with van der Waals surface area (Å²) < 4.78 is 13.3. The highest BCUT2D eigenvalue weighted by Crippen LogP contribution is 2.59. The van der Waals surface area contributed by atoms with Crippen molar-refractivity contribution in [3.05, 3.63) is 58.6 Å². The summed E-state index contributed by atoms with van der Waals surface area (Å²) in [7, 11) is 0. The molecule has 3 amide bonds. The molecule has 5 rings (SSSR count). The van der Waals surface area contributed by atoms with Crippen molar-refractivity contribution in [1.29, 1.82) is 0 Å². The molecular formula is C34H44BrN3O7. The molecular weight excluding hydrogens is 642 g/mol. The number of aliphatic hydroxyl groups is 1. The Morgan fingerprint density at radius 3 is 2.60 bits per heavy atom. The second-order valence-corrected chi connectivity index (χ2v) is 13.3. The fraction of sp³-hybridized carbons (Fsp3) is 0.588. The molecule has 7 atom stereocenters. The van der Waals surface area contributed by atoms with E-state index < -0.39 is 41.7 Å². The fourth-order valence-electron chi connectivity index (χ4n) is 7.22. The number of unbranched alkanes of at least 4 members (excludes halogenated alkanes) is 2. The van der Waals surface area contributed by atoms with E-state index in [2.05, 4.69) is 28.2 Å². The summed E-state index contributed by atoms with van der Waals surface area (Å²) in [6, 6.07) is 8.12. The molecule has 2 N–H and O–H groups in total. The lowest BCUT2D eigenvalue weighted by Crippen LogP contribution is -2.57. The summed E-state index contributed by atoms with van der Waals surface area (Å²) in [5, 5.41) is 12.2. The lowest BCUT2D eigenvalue weighted by Gasteiger charge is -2.38. The lowest BCUT2D eigenvalue weighted by atomic mass is 9.74. The number of amides is 3. The number of benzene rings is 1. The molecule has 244 valence electrons. The standard InChI is InChI=1S/C34H44BrN3O7/c1-3-13-22(2)37-17-10-5-9-16-26(40)36-21-25(23-14-7-4-8-15-23)44-33(43)27-28-31(41)38(18-11-6-12-19-39)30(32(37)42)34(28)20-24(35)29(27)45-34/h4-5,7-8,10,14-15,20,22,25,27-30,39H,3,6,9,11-13,16-19,21H2,1-2H3,(H,36,40)/b10-5-/t22?,25-,27-,28+,29-,30-,34+/m1/s1. The van der Waals surface area contributed by atoms with Crippen LogP contribution in [0.3, 0.4) is 0 Å². The van der Waals surface area contributed by atoms with Crippen molar-refractivity contribution in [2.75, 3.05) is 26.2 Å². The van der Waals surface area contributed by atoms with Gasteiger partial charge in [-0.05, 0) is 50.7 Å². The fourth-order valence-corrected chi connectivity index (χ4v) is 7.96. The number of allylic oxidation sites excluding steroid dienone is 1. The molecule has 10 nitrogen and oxygen atoms in total. The molecule has 45 heavy (non-hydrogen) atoms. The van der Waals surface area contributed by atoms with Crippen molar-refractivity contribution in [2.45, 2.75) is 88.7 Å². The van der Waals surface area contributed by atoms with Gasteiger partial charge in [-0.15, -0.1) is 0 Å². The van der Waals surface area contributed by atoms with Gasteiger partial charge in [0.05, 0.1) is 12.5 Å². The number of carbonyl (C=O) groups is 4. The van der Waals surface area contributed by atoms with Crippen LogP contribution in [0.1, 0.15) is 70.5 Å². The Labute approximate surface area is 273 Å². The number of hydrogen-bond acceptors (Lipinski definition) is 7. The maximum Gasteiger partial charge on any atom is 0.313 e. The molecule has 2 saturated heterocycles. The lowest BCUT2D eigenvalue weighted by molar-refractivity contribution is -0.160. The summed E-state index contributed by atoms with van der Waals surface area (Å²) in [6.07, 6.45) is 8.35. The van der Waals surface area contributed by atoms with Gasteiger partial charge in [-0.1, -0.05) is 71.8 Å². The molecule has 1 aromatic rings.